The summed E-state index contributed by atoms with van der Waals surface area (Å²) in [5, 5.41) is 2.89. The summed E-state index contributed by atoms with van der Waals surface area (Å²) in [5.74, 6) is -2.63. The van der Waals surface area contributed by atoms with Gasteiger partial charge in [-0.3, -0.25) is 0 Å². The molecule has 0 radical (unpaired) electrons. The van der Waals surface area contributed by atoms with Crippen molar-refractivity contribution in [2.24, 2.45) is 0 Å². The Morgan fingerprint density at radius 3 is 2.56 bits per heavy atom. The minimum absolute atomic E-state index is 0.132. The summed E-state index contributed by atoms with van der Waals surface area (Å²) in [6.45, 7) is 4.39. The molecule has 0 unspecified atom stereocenters. The number of pyridine rings is 1. The summed E-state index contributed by atoms with van der Waals surface area (Å²) in [6.07, 6.45) is 0.888. The Kier molecular flexibility index (Phi) is 3.41. The number of nitrogens with one attached hydrogen (secondary N) is 1. The van der Waals surface area contributed by atoms with Gasteiger partial charge in [-0.25, -0.2) is 18.2 Å². The van der Waals surface area contributed by atoms with Crippen molar-refractivity contribution >= 4 is 16.7 Å². The van der Waals surface area contributed by atoms with Crippen LogP contribution < -0.4 is 5.32 Å². The number of fused-ring (bicyclic) bond motifs is 1. The number of hydrogen-bond acceptors (Lipinski definition) is 2. The van der Waals surface area contributed by atoms with E-state index in [4.69, 9.17) is 0 Å². The fourth-order valence-electron chi connectivity index (χ4n) is 1.76. The molecule has 0 spiro atoms. The predicted molar refractivity (Wildman–Crippen MR) is 65.1 cm³/mol. The fraction of sp³-hybridized carbons (Fsp3) is 0.308. The van der Waals surface area contributed by atoms with E-state index in [0.717, 1.165) is 6.42 Å². The molecule has 1 heterocycles. The molecule has 2 aromatic rings. The lowest BCUT2D eigenvalue weighted by Gasteiger charge is -2.10. The van der Waals surface area contributed by atoms with Crippen LogP contribution in [0.3, 0.4) is 0 Å². The molecular formula is C13H13F3N2. The van der Waals surface area contributed by atoms with E-state index in [0.29, 0.717) is 24.0 Å². The number of rotatable bonds is 3. The summed E-state index contributed by atoms with van der Waals surface area (Å²) in [4.78, 5) is 4.02. The first-order valence-corrected chi connectivity index (χ1v) is 5.73. The number of aromatic nitrogens is 1. The van der Waals surface area contributed by atoms with E-state index < -0.39 is 17.5 Å². The Balaban J connectivity index is 2.64. The van der Waals surface area contributed by atoms with E-state index in [1.807, 2.05) is 6.92 Å². The van der Waals surface area contributed by atoms with Gasteiger partial charge in [0.15, 0.2) is 17.5 Å². The van der Waals surface area contributed by atoms with Crippen LogP contribution in [0.4, 0.5) is 19.0 Å². The average molecular weight is 254 g/mol. The Hall–Kier alpha value is -1.78. The molecule has 0 fully saturated rings. The monoisotopic (exact) mass is 254 g/mol. The topological polar surface area (TPSA) is 24.9 Å². The SMILES string of the molecule is CCCNc1nc2c(F)cc(F)c(F)c2cc1C. The first-order valence-electron chi connectivity index (χ1n) is 5.73. The van der Waals surface area contributed by atoms with Gasteiger partial charge in [0.05, 0.1) is 0 Å². The molecule has 2 rings (SSSR count). The van der Waals surface area contributed by atoms with Crippen molar-refractivity contribution in [3.8, 4) is 0 Å². The number of aryl methyl sites for hydroxylation is 1. The Morgan fingerprint density at radius 1 is 1.17 bits per heavy atom. The fourth-order valence-corrected chi connectivity index (χ4v) is 1.76. The zero-order valence-corrected chi connectivity index (χ0v) is 10.2. The summed E-state index contributed by atoms with van der Waals surface area (Å²) in [7, 11) is 0. The Labute approximate surface area is 103 Å². The summed E-state index contributed by atoms with van der Waals surface area (Å²) < 4.78 is 40.2. The van der Waals surface area contributed by atoms with Crippen LogP contribution in [-0.4, -0.2) is 11.5 Å². The molecule has 1 aromatic carbocycles. The lowest BCUT2D eigenvalue weighted by atomic mass is 10.1. The highest BCUT2D eigenvalue weighted by atomic mass is 19.2. The zero-order chi connectivity index (χ0) is 13.3. The molecule has 0 aliphatic carbocycles. The van der Waals surface area contributed by atoms with Gasteiger partial charge < -0.3 is 5.32 Å². The maximum Gasteiger partial charge on any atom is 0.168 e. The van der Waals surface area contributed by atoms with Crippen LogP contribution in [0.5, 0.6) is 0 Å². The van der Waals surface area contributed by atoms with Gasteiger partial charge in [0.2, 0.25) is 0 Å². The number of benzene rings is 1. The largest absolute Gasteiger partial charge is 0.370 e. The summed E-state index contributed by atoms with van der Waals surface area (Å²) in [5.41, 5.74) is 0.498. The van der Waals surface area contributed by atoms with Crippen molar-refractivity contribution in [2.45, 2.75) is 20.3 Å². The molecule has 18 heavy (non-hydrogen) atoms. The van der Waals surface area contributed by atoms with Crippen molar-refractivity contribution in [1.29, 1.82) is 0 Å². The van der Waals surface area contributed by atoms with E-state index in [2.05, 4.69) is 10.3 Å². The molecule has 0 aliphatic heterocycles. The minimum atomic E-state index is -1.20. The van der Waals surface area contributed by atoms with E-state index >= 15 is 0 Å². The van der Waals surface area contributed by atoms with Gasteiger partial charge in [-0.15, -0.1) is 0 Å². The van der Waals surface area contributed by atoms with E-state index in [1.54, 1.807) is 6.92 Å². The molecule has 2 nitrogen and oxygen atoms in total. The summed E-state index contributed by atoms with van der Waals surface area (Å²) in [6, 6.07) is 1.92. The normalized spacial score (nSPS) is 10.9. The highest BCUT2D eigenvalue weighted by Crippen LogP contribution is 2.26. The maximum atomic E-state index is 13.6. The van der Waals surface area contributed by atoms with Crippen LogP contribution in [0.1, 0.15) is 18.9 Å². The van der Waals surface area contributed by atoms with Crippen molar-refractivity contribution in [1.82, 2.24) is 4.98 Å². The van der Waals surface area contributed by atoms with Crippen LogP contribution in [-0.2, 0) is 0 Å². The van der Waals surface area contributed by atoms with Crippen molar-refractivity contribution in [3.05, 3.63) is 35.1 Å². The van der Waals surface area contributed by atoms with Crippen LogP contribution in [0.2, 0.25) is 0 Å². The standard InChI is InChI=1S/C13H13F3N2/c1-3-4-17-13-7(2)5-8-11(16)9(14)6-10(15)12(8)18-13/h5-6H,3-4H2,1-2H3,(H,17,18). The molecule has 0 amide bonds. The number of hydrogen-bond donors (Lipinski definition) is 1. The molecule has 5 heteroatoms. The lowest BCUT2D eigenvalue weighted by molar-refractivity contribution is 0.505. The van der Waals surface area contributed by atoms with Crippen molar-refractivity contribution in [2.75, 3.05) is 11.9 Å². The zero-order valence-electron chi connectivity index (χ0n) is 10.2. The van der Waals surface area contributed by atoms with E-state index in [9.17, 15) is 13.2 Å². The molecule has 0 saturated carbocycles. The molecular weight excluding hydrogens is 241 g/mol. The molecule has 0 saturated heterocycles. The molecule has 1 aromatic heterocycles. The van der Waals surface area contributed by atoms with Crippen molar-refractivity contribution in [3.63, 3.8) is 0 Å². The third kappa shape index (κ3) is 2.12. The van der Waals surface area contributed by atoms with E-state index in [-0.39, 0.29) is 10.9 Å². The number of anilines is 1. The van der Waals surface area contributed by atoms with Gasteiger partial charge in [-0.05, 0) is 25.0 Å². The first-order chi connectivity index (χ1) is 8.54. The second-order valence-electron chi connectivity index (χ2n) is 4.13. The van der Waals surface area contributed by atoms with Gasteiger partial charge in [0.25, 0.3) is 0 Å². The third-order valence-corrected chi connectivity index (χ3v) is 2.68. The average Bonchev–Trinajstić information content (AvgIpc) is 2.34. The third-order valence-electron chi connectivity index (χ3n) is 2.68. The quantitative estimate of drug-likeness (QED) is 0.843. The van der Waals surface area contributed by atoms with Gasteiger partial charge in [-0.1, -0.05) is 6.92 Å². The minimum Gasteiger partial charge on any atom is -0.370 e. The smallest absolute Gasteiger partial charge is 0.168 e. The Bertz CT molecular complexity index is 597. The predicted octanol–water partition coefficient (Wildman–Crippen LogP) is 3.78. The van der Waals surface area contributed by atoms with Crippen LogP contribution in [0.15, 0.2) is 12.1 Å². The molecule has 1 N–H and O–H groups in total. The second kappa shape index (κ2) is 4.84. The maximum absolute atomic E-state index is 13.6. The van der Waals surface area contributed by atoms with Crippen LogP contribution >= 0.6 is 0 Å². The first kappa shape index (κ1) is 12.7. The second-order valence-corrected chi connectivity index (χ2v) is 4.13. The highest BCUT2D eigenvalue weighted by molar-refractivity contribution is 5.83. The van der Waals surface area contributed by atoms with Crippen LogP contribution in [0, 0.1) is 24.4 Å². The van der Waals surface area contributed by atoms with Gasteiger partial charge in [-0.2, -0.15) is 0 Å². The van der Waals surface area contributed by atoms with Crippen molar-refractivity contribution < 1.29 is 13.2 Å². The molecule has 0 aliphatic rings. The highest BCUT2D eigenvalue weighted by Gasteiger charge is 2.15. The van der Waals surface area contributed by atoms with Crippen LogP contribution in [0.25, 0.3) is 10.9 Å². The summed E-state index contributed by atoms with van der Waals surface area (Å²) >= 11 is 0. The molecule has 0 atom stereocenters. The van der Waals surface area contributed by atoms with Gasteiger partial charge in [0.1, 0.15) is 11.3 Å². The number of nitrogens with zero attached hydrogens (tertiary/aromatic N) is 1. The van der Waals surface area contributed by atoms with E-state index in [1.165, 1.54) is 6.07 Å². The van der Waals surface area contributed by atoms with Gasteiger partial charge in [0, 0.05) is 18.0 Å². The lowest BCUT2D eigenvalue weighted by Crippen LogP contribution is -2.05. The van der Waals surface area contributed by atoms with Gasteiger partial charge >= 0.3 is 0 Å². The Morgan fingerprint density at radius 2 is 1.89 bits per heavy atom. The molecule has 96 valence electrons. The number of halogens is 3. The molecule has 0 bridgehead atoms.